The first kappa shape index (κ1) is 11.9. The van der Waals surface area contributed by atoms with Gasteiger partial charge < -0.3 is 5.73 Å². The van der Waals surface area contributed by atoms with Crippen molar-refractivity contribution >= 4 is 11.5 Å². The van der Waals surface area contributed by atoms with Crippen LogP contribution < -0.4 is 5.73 Å². The molecule has 0 spiro atoms. The van der Waals surface area contributed by atoms with E-state index in [0.29, 0.717) is 11.8 Å². The zero-order valence-electron chi connectivity index (χ0n) is 10.2. The molecule has 1 saturated carbocycles. The van der Waals surface area contributed by atoms with Gasteiger partial charge in [-0.25, -0.2) is 4.68 Å². The third-order valence-corrected chi connectivity index (χ3v) is 3.51. The molecule has 1 aromatic heterocycles. The zero-order valence-corrected chi connectivity index (χ0v) is 10.2. The van der Waals surface area contributed by atoms with Gasteiger partial charge in [0.15, 0.2) is 0 Å². The average Bonchev–Trinajstić information content (AvgIpc) is 2.58. The van der Waals surface area contributed by atoms with Crippen molar-refractivity contribution in [1.29, 1.82) is 0 Å². The molecule has 1 aromatic rings. The monoisotopic (exact) mass is 238 g/mol. The highest BCUT2D eigenvalue weighted by Gasteiger charge is 2.29. The Balaban J connectivity index is 2.25. The number of nitrogens with zero attached hydrogens (tertiary/aromatic N) is 3. The summed E-state index contributed by atoms with van der Waals surface area (Å²) in [6, 6.07) is 0.197. The molecular weight excluding hydrogens is 220 g/mol. The lowest BCUT2D eigenvalue weighted by Crippen LogP contribution is -2.24. The number of aromatic nitrogens is 2. The number of nitrogen functional groups attached to an aromatic ring is 1. The van der Waals surface area contributed by atoms with Crippen LogP contribution in [0, 0.1) is 22.0 Å². The van der Waals surface area contributed by atoms with E-state index >= 15 is 0 Å². The molecule has 2 rings (SSSR count). The maximum absolute atomic E-state index is 10.7. The number of hydrogen-bond donors (Lipinski definition) is 1. The highest BCUT2D eigenvalue weighted by Crippen LogP contribution is 2.38. The van der Waals surface area contributed by atoms with Crippen molar-refractivity contribution in [2.75, 3.05) is 5.73 Å². The van der Waals surface area contributed by atoms with Gasteiger partial charge in [-0.15, -0.1) is 0 Å². The molecule has 1 aliphatic carbocycles. The van der Waals surface area contributed by atoms with E-state index in [-0.39, 0.29) is 17.5 Å². The highest BCUT2D eigenvalue weighted by molar-refractivity contribution is 5.51. The number of nitrogens with two attached hydrogens (primary N) is 1. The van der Waals surface area contributed by atoms with Crippen LogP contribution in [0.4, 0.5) is 11.5 Å². The highest BCUT2D eigenvalue weighted by atomic mass is 16.6. The molecule has 0 amide bonds. The van der Waals surface area contributed by atoms with Crippen LogP contribution in [-0.2, 0) is 0 Å². The van der Waals surface area contributed by atoms with Gasteiger partial charge in [-0.3, -0.25) is 10.1 Å². The van der Waals surface area contributed by atoms with Gasteiger partial charge in [0.2, 0.25) is 5.82 Å². The molecule has 6 heteroatoms. The fourth-order valence-corrected chi connectivity index (χ4v) is 2.90. The van der Waals surface area contributed by atoms with Crippen molar-refractivity contribution in [2.24, 2.45) is 11.8 Å². The summed E-state index contributed by atoms with van der Waals surface area (Å²) in [5, 5.41) is 14.8. The van der Waals surface area contributed by atoms with E-state index in [1.165, 1.54) is 12.6 Å². The summed E-state index contributed by atoms with van der Waals surface area (Å²) in [7, 11) is 0. The minimum absolute atomic E-state index is 0.0871. The summed E-state index contributed by atoms with van der Waals surface area (Å²) in [5.74, 6) is 1.42. The average molecular weight is 238 g/mol. The standard InChI is InChI=1S/C11H18N4O2/c1-7-3-8(2)5-9(4-7)14-11(12)10(6-13-14)15(16)17/h6-9H,3-5,12H2,1-2H3. The summed E-state index contributed by atoms with van der Waals surface area (Å²) in [4.78, 5) is 10.2. The van der Waals surface area contributed by atoms with Gasteiger partial charge in [-0.2, -0.15) is 5.10 Å². The predicted octanol–water partition coefficient (Wildman–Crippen LogP) is 2.37. The lowest BCUT2D eigenvalue weighted by Gasteiger charge is -2.31. The topological polar surface area (TPSA) is 87.0 Å². The van der Waals surface area contributed by atoms with E-state index in [1.54, 1.807) is 4.68 Å². The largest absolute Gasteiger partial charge is 0.378 e. The van der Waals surface area contributed by atoms with Crippen LogP contribution in [0.1, 0.15) is 39.2 Å². The Labute approximate surface area is 99.9 Å². The molecule has 6 nitrogen and oxygen atoms in total. The summed E-state index contributed by atoms with van der Waals surface area (Å²) < 4.78 is 1.63. The third kappa shape index (κ3) is 2.25. The second-order valence-corrected chi connectivity index (χ2v) is 5.19. The van der Waals surface area contributed by atoms with Gasteiger partial charge in [-0.05, 0) is 31.1 Å². The van der Waals surface area contributed by atoms with Crippen molar-refractivity contribution in [3.63, 3.8) is 0 Å². The Morgan fingerprint density at radius 2 is 2.00 bits per heavy atom. The molecule has 0 saturated heterocycles. The van der Waals surface area contributed by atoms with Crippen LogP contribution in [0.3, 0.4) is 0 Å². The minimum Gasteiger partial charge on any atom is -0.378 e. The molecule has 2 atom stereocenters. The van der Waals surface area contributed by atoms with Crippen molar-refractivity contribution in [3.8, 4) is 0 Å². The Hall–Kier alpha value is -1.59. The first-order valence-electron chi connectivity index (χ1n) is 5.96. The molecule has 17 heavy (non-hydrogen) atoms. The zero-order chi connectivity index (χ0) is 12.6. The van der Waals surface area contributed by atoms with Crippen LogP contribution in [0.15, 0.2) is 6.20 Å². The Kier molecular flexibility index (Phi) is 3.04. The Bertz CT molecular complexity index is 419. The molecule has 0 aromatic carbocycles. The van der Waals surface area contributed by atoms with E-state index in [2.05, 4.69) is 18.9 Å². The molecule has 0 radical (unpaired) electrons. The molecule has 0 aliphatic heterocycles. The predicted molar refractivity (Wildman–Crippen MR) is 64.5 cm³/mol. The van der Waals surface area contributed by atoms with E-state index in [4.69, 9.17) is 5.73 Å². The first-order chi connectivity index (χ1) is 7.99. The smallest absolute Gasteiger partial charge is 0.330 e. The van der Waals surface area contributed by atoms with Crippen LogP contribution in [0.2, 0.25) is 0 Å². The number of rotatable bonds is 2. The van der Waals surface area contributed by atoms with Crippen molar-refractivity contribution < 1.29 is 4.92 Å². The molecule has 0 bridgehead atoms. The molecule has 1 heterocycles. The first-order valence-corrected chi connectivity index (χ1v) is 5.96. The maximum Gasteiger partial charge on any atom is 0.330 e. The van der Waals surface area contributed by atoms with E-state index in [1.807, 2.05) is 0 Å². The molecule has 1 aliphatic rings. The van der Waals surface area contributed by atoms with Gasteiger partial charge in [0.1, 0.15) is 6.20 Å². The normalized spacial score (nSPS) is 29.2. The van der Waals surface area contributed by atoms with Crippen LogP contribution in [0.5, 0.6) is 0 Å². The van der Waals surface area contributed by atoms with Crippen LogP contribution >= 0.6 is 0 Å². The second kappa shape index (κ2) is 4.35. The van der Waals surface area contributed by atoms with Crippen molar-refractivity contribution in [1.82, 2.24) is 9.78 Å². The van der Waals surface area contributed by atoms with E-state index in [0.717, 1.165) is 12.8 Å². The van der Waals surface area contributed by atoms with Gasteiger partial charge in [0, 0.05) is 0 Å². The van der Waals surface area contributed by atoms with E-state index in [9.17, 15) is 10.1 Å². The van der Waals surface area contributed by atoms with Crippen molar-refractivity contribution in [3.05, 3.63) is 16.3 Å². The molecular formula is C11H18N4O2. The molecule has 1 fully saturated rings. The number of anilines is 1. The number of nitro groups is 1. The van der Waals surface area contributed by atoms with Crippen molar-refractivity contribution in [2.45, 2.75) is 39.2 Å². The maximum atomic E-state index is 10.7. The quantitative estimate of drug-likeness (QED) is 0.633. The third-order valence-electron chi connectivity index (χ3n) is 3.51. The van der Waals surface area contributed by atoms with Crippen LogP contribution in [0.25, 0.3) is 0 Å². The number of hydrogen-bond acceptors (Lipinski definition) is 4. The summed E-state index contributed by atoms with van der Waals surface area (Å²) >= 11 is 0. The van der Waals surface area contributed by atoms with Gasteiger partial charge >= 0.3 is 5.69 Å². The summed E-state index contributed by atoms with van der Waals surface area (Å²) in [6.07, 6.45) is 4.44. The fraction of sp³-hybridized carbons (Fsp3) is 0.727. The van der Waals surface area contributed by atoms with Gasteiger partial charge in [0.25, 0.3) is 0 Å². The molecule has 94 valence electrons. The summed E-state index contributed by atoms with van der Waals surface area (Å²) in [6.45, 7) is 4.41. The lowest BCUT2D eigenvalue weighted by atomic mass is 9.80. The Morgan fingerprint density at radius 1 is 1.41 bits per heavy atom. The summed E-state index contributed by atoms with van der Waals surface area (Å²) in [5.41, 5.74) is 5.70. The van der Waals surface area contributed by atoms with Gasteiger partial charge in [-0.1, -0.05) is 13.8 Å². The fourth-order valence-electron chi connectivity index (χ4n) is 2.90. The molecule has 2 N–H and O–H groups in total. The van der Waals surface area contributed by atoms with Gasteiger partial charge in [0.05, 0.1) is 11.0 Å². The minimum atomic E-state index is -0.478. The Morgan fingerprint density at radius 3 is 2.47 bits per heavy atom. The van der Waals surface area contributed by atoms with E-state index < -0.39 is 4.92 Å². The molecule has 2 unspecified atom stereocenters. The second-order valence-electron chi connectivity index (χ2n) is 5.19. The van der Waals surface area contributed by atoms with Crippen LogP contribution in [-0.4, -0.2) is 14.7 Å². The SMILES string of the molecule is CC1CC(C)CC(n2ncc([N+](=O)[O-])c2N)C1. The lowest BCUT2D eigenvalue weighted by molar-refractivity contribution is -0.384.